The van der Waals surface area contributed by atoms with Crippen molar-refractivity contribution >= 4 is 5.97 Å². The molecule has 0 amide bonds. The van der Waals surface area contributed by atoms with Crippen LogP contribution < -0.4 is 5.11 Å². The van der Waals surface area contributed by atoms with Crippen molar-refractivity contribution in [2.24, 2.45) is 0 Å². The number of carboxylic acid groups (broad SMARTS) is 1. The lowest BCUT2D eigenvalue weighted by Crippen LogP contribution is -2.28. The minimum absolute atomic E-state index is 0.248. The fourth-order valence-corrected chi connectivity index (χ4v) is 2.55. The summed E-state index contributed by atoms with van der Waals surface area (Å²) in [5, 5.41) is 32.8. The zero-order chi connectivity index (χ0) is 18.3. The Balaban J connectivity index is 2.72. The van der Waals surface area contributed by atoms with E-state index in [9.17, 15) is 15.0 Å². The average molecular weight is 331 g/mol. The van der Waals surface area contributed by atoms with Gasteiger partial charge in [-0.1, -0.05) is 41.5 Å². The first kappa shape index (κ1) is 17.9. The first-order valence-corrected chi connectivity index (χ1v) is 7.75. The van der Waals surface area contributed by atoms with Crippen LogP contribution in [0.5, 0.6) is 5.75 Å². The van der Waals surface area contributed by atoms with Gasteiger partial charge in [0.2, 0.25) is 0 Å². The number of carbonyl (C=O) groups excluding carboxylic acids is 1. The number of phenolic OH excluding ortho intramolecular Hbond substituents is 1. The van der Waals surface area contributed by atoms with E-state index in [-0.39, 0.29) is 16.6 Å². The Morgan fingerprint density at radius 3 is 2.04 bits per heavy atom. The third-order valence-electron chi connectivity index (χ3n) is 3.79. The van der Waals surface area contributed by atoms with Crippen LogP contribution in [0, 0.1) is 0 Å². The molecule has 0 aliphatic heterocycles. The number of benzene rings is 1. The summed E-state index contributed by atoms with van der Waals surface area (Å²) in [6, 6.07) is 3.62. The monoisotopic (exact) mass is 331 g/mol. The zero-order valence-electron chi connectivity index (χ0n) is 14.9. The lowest BCUT2D eigenvalue weighted by Gasteiger charge is -2.28. The van der Waals surface area contributed by atoms with Gasteiger partial charge in [-0.25, -0.2) is 4.68 Å². The number of rotatable bonds is 3. The van der Waals surface area contributed by atoms with Crippen LogP contribution in [0.15, 0.2) is 12.1 Å². The Morgan fingerprint density at radius 2 is 1.62 bits per heavy atom. The van der Waals surface area contributed by atoms with Gasteiger partial charge in [-0.2, -0.15) is 0 Å². The highest BCUT2D eigenvalue weighted by Crippen LogP contribution is 2.41. The molecule has 24 heavy (non-hydrogen) atoms. The van der Waals surface area contributed by atoms with Crippen LogP contribution in [0.2, 0.25) is 0 Å². The highest BCUT2D eigenvalue weighted by Gasteiger charge is 2.27. The molecule has 1 aromatic heterocycles. The molecule has 0 saturated heterocycles. The fourth-order valence-electron chi connectivity index (χ4n) is 2.55. The molecule has 0 atom stereocenters. The van der Waals surface area contributed by atoms with E-state index in [0.29, 0.717) is 11.4 Å². The van der Waals surface area contributed by atoms with Crippen molar-refractivity contribution in [3.63, 3.8) is 0 Å². The van der Waals surface area contributed by atoms with Crippen LogP contribution in [0.3, 0.4) is 0 Å². The maximum absolute atomic E-state index is 10.9. The summed E-state index contributed by atoms with van der Waals surface area (Å²) in [4.78, 5) is 10.9. The van der Waals surface area contributed by atoms with Gasteiger partial charge in [0.1, 0.15) is 5.75 Å². The van der Waals surface area contributed by atoms with Gasteiger partial charge in [-0.05, 0) is 33.4 Å². The van der Waals surface area contributed by atoms with Crippen LogP contribution in [0.4, 0.5) is 0 Å². The summed E-state index contributed by atoms with van der Waals surface area (Å²) in [5.41, 5.74) is 1.58. The maximum Gasteiger partial charge on any atom is 0.182 e. The van der Waals surface area contributed by atoms with Crippen molar-refractivity contribution < 1.29 is 15.0 Å². The molecule has 7 nitrogen and oxygen atoms in total. The van der Waals surface area contributed by atoms with E-state index < -0.39 is 12.5 Å². The molecule has 130 valence electrons. The second kappa shape index (κ2) is 5.89. The normalized spacial score (nSPS) is 12.4. The predicted octanol–water partition coefficient (Wildman–Crippen LogP) is 1.39. The predicted molar refractivity (Wildman–Crippen MR) is 87.3 cm³/mol. The molecule has 0 spiro atoms. The fraction of sp³-hybridized carbons (Fsp3) is 0.529. The molecule has 0 aliphatic carbocycles. The average Bonchev–Trinajstić information content (AvgIpc) is 2.83. The van der Waals surface area contributed by atoms with E-state index in [1.165, 1.54) is 4.68 Å². The highest BCUT2D eigenvalue weighted by molar-refractivity contribution is 5.67. The molecule has 2 rings (SSSR count). The number of carbonyl (C=O) groups is 1. The Kier molecular flexibility index (Phi) is 4.39. The number of phenols is 1. The molecule has 1 aromatic carbocycles. The van der Waals surface area contributed by atoms with Gasteiger partial charge in [-0.15, -0.1) is 5.10 Å². The number of aromatic nitrogens is 4. The summed E-state index contributed by atoms with van der Waals surface area (Å²) in [6.45, 7) is 11.6. The highest BCUT2D eigenvalue weighted by atomic mass is 16.4. The molecular weight excluding hydrogens is 308 g/mol. The van der Waals surface area contributed by atoms with Crippen molar-refractivity contribution in [2.45, 2.75) is 58.9 Å². The number of hydrogen-bond donors (Lipinski definition) is 1. The van der Waals surface area contributed by atoms with Crippen LogP contribution in [0.1, 0.15) is 52.7 Å². The number of hydrogen-bond acceptors (Lipinski definition) is 6. The first-order chi connectivity index (χ1) is 10.9. The Bertz CT molecular complexity index is 732. The number of aliphatic carboxylic acids is 1. The van der Waals surface area contributed by atoms with Crippen molar-refractivity contribution in [1.29, 1.82) is 0 Å². The number of nitrogens with zero attached hydrogens (tertiary/aromatic N) is 4. The minimum Gasteiger partial charge on any atom is -0.548 e. The van der Waals surface area contributed by atoms with Gasteiger partial charge in [0.05, 0.1) is 12.5 Å². The minimum atomic E-state index is -1.27. The Hall–Kier alpha value is -2.44. The van der Waals surface area contributed by atoms with Gasteiger partial charge >= 0.3 is 0 Å². The van der Waals surface area contributed by atoms with Crippen LogP contribution >= 0.6 is 0 Å². The van der Waals surface area contributed by atoms with E-state index in [2.05, 4.69) is 15.5 Å². The lowest BCUT2D eigenvalue weighted by atomic mass is 9.78. The summed E-state index contributed by atoms with van der Waals surface area (Å²) < 4.78 is 1.18. The zero-order valence-corrected chi connectivity index (χ0v) is 14.9. The first-order valence-electron chi connectivity index (χ1n) is 7.75. The maximum atomic E-state index is 10.9. The number of aromatic hydroxyl groups is 1. The lowest BCUT2D eigenvalue weighted by molar-refractivity contribution is -0.306. The van der Waals surface area contributed by atoms with Gasteiger partial charge in [0, 0.05) is 16.7 Å². The molecule has 0 saturated carbocycles. The molecule has 0 aliphatic rings. The summed E-state index contributed by atoms with van der Waals surface area (Å²) >= 11 is 0. The van der Waals surface area contributed by atoms with E-state index in [1.54, 1.807) is 0 Å². The summed E-state index contributed by atoms with van der Waals surface area (Å²) in [6.07, 6.45) is 0. The Morgan fingerprint density at radius 1 is 1.12 bits per heavy atom. The second-order valence-electron chi connectivity index (χ2n) is 7.95. The van der Waals surface area contributed by atoms with Crippen molar-refractivity contribution in [3.05, 3.63) is 23.3 Å². The molecule has 0 radical (unpaired) electrons. The molecule has 0 bridgehead atoms. The van der Waals surface area contributed by atoms with E-state index in [1.807, 2.05) is 53.7 Å². The van der Waals surface area contributed by atoms with Crippen molar-refractivity contribution in [2.75, 3.05) is 0 Å². The van der Waals surface area contributed by atoms with Crippen molar-refractivity contribution in [3.8, 4) is 17.1 Å². The quantitative estimate of drug-likeness (QED) is 0.911. The molecule has 2 aromatic rings. The smallest absolute Gasteiger partial charge is 0.182 e. The third-order valence-corrected chi connectivity index (χ3v) is 3.79. The standard InChI is InChI=1S/C17H24N4O3/c1-16(2,3)11-7-10(8-12(14(11)24)17(4,5)6)15-18-19-20-21(15)9-13(22)23/h7-8,24H,9H2,1-6H3,(H,22,23)/p-1. The van der Waals surface area contributed by atoms with Gasteiger partial charge in [0.15, 0.2) is 5.82 Å². The summed E-state index contributed by atoms with van der Waals surface area (Å²) in [5.74, 6) is -0.692. The topological polar surface area (TPSA) is 104 Å². The molecule has 1 heterocycles. The molecule has 7 heteroatoms. The van der Waals surface area contributed by atoms with Gasteiger partial charge in [0.25, 0.3) is 0 Å². The molecule has 0 unspecified atom stereocenters. The van der Waals surface area contributed by atoms with E-state index in [4.69, 9.17) is 0 Å². The molecule has 0 fully saturated rings. The van der Waals surface area contributed by atoms with E-state index >= 15 is 0 Å². The van der Waals surface area contributed by atoms with Crippen LogP contribution in [-0.2, 0) is 22.2 Å². The SMILES string of the molecule is CC(C)(C)c1cc(-c2nnnn2CC(=O)[O-])cc(C(C)(C)C)c1O. The molecular formula is C17H23N4O3-. The van der Waals surface area contributed by atoms with Gasteiger partial charge < -0.3 is 15.0 Å². The molecule has 1 N–H and O–H groups in total. The van der Waals surface area contributed by atoms with Crippen LogP contribution in [0.25, 0.3) is 11.4 Å². The van der Waals surface area contributed by atoms with E-state index in [0.717, 1.165) is 11.1 Å². The third kappa shape index (κ3) is 3.55. The summed E-state index contributed by atoms with van der Waals surface area (Å²) in [7, 11) is 0. The largest absolute Gasteiger partial charge is 0.548 e. The van der Waals surface area contributed by atoms with Crippen LogP contribution in [-0.4, -0.2) is 31.3 Å². The second-order valence-corrected chi connectivity index (χ2v) is 7.95. The Labute approximate surface area is 141 Å². The number of carboxylic acids is 1. The van der Waals surface area contributed by atoms with Crippen molar-refractivity contribution in [1.82, 2.24) is 20.2 Å². The van der Waals surface area contributed by atoms with Gasteiger partial charge in [-0.3, -0.25) is 0 Å². The number of tetrazole rings is 1.